The number of imidazole rings is 1. The Kier molecular flexibility index (Phi) is 6.55. The van der Waals surface area contributed by atoms with Crippen LogP contribution in [-0.2, 0) is 12.8 Å². The Balaban J connectivity index is 0.000000220. The van der Waals surface area contributed by atoms with Gasteiger partial charge in [0.05, 0.1) is 5.56 Å². The molecule has 1 fully saturated rings. The number of pyridine rings is 3. The summed E-state index contributed by atoms with van der Waals surface area (Å²) in [5.74, 6) is 2.74. The number of halogens is 1. The van der Waals surface area contributed by atoms with Crippen LogP contribution in [0.15, 0.2) is 91.5 Å². The summed E-state index contributed by atoms with van der Waals surface area (Å²) in [5.41, 5.74) is 16.8. The second-order valence-corrected chi connectivity index (χ2v) is 10.5. The molecule has 5 aromatic heterocycles. The van der Waals surface area contributed by atoms with Crippen LogP contribution in [0.3, 0.4) is 0 Å². The molecule has 0 saturated carbocycles. The lowest BCUT2D eigenvalue weighted by molar-refractivity contribution is 0.349. The molecule has 42 heavy (non-hydrogen) atoms. The van der Waals surface area contributed by atoms with Gasteiger partial charge in [0.1, 0.15) is 23.3 Å². The van der Waals surface area contributed by atoms with E-state index in [0.717, 1.165) is 41.2 Å². The fraction of sp³-hybridized carbons (Fsp3) is 0.194. The highest BCUT2D eigenvalue weighted by molar-refractivity contribution is 5.83. The summed E-state index contributed by atoms with van der Waals surface area (Å²) in [7, 11) is 0. The number of alkyl halides is 1. The van der Waals surface area contributed by atoms with Gasteiger partial charge >= 0.3 is 0 Å². The van der Waals surface area contributed by atoms with Crippen molar-refractivity contribution in [2.75, 3.05) is 23.7 Å². The number of hydrogen-bond acceptors (Lipinski definition) is 8. The third-order valence-corrected chi connectivity index (χ3v) is 7.52. The Morgan fingerprint density at radius 3 is 2.43 bits per heavy atom. The number of hydrogen-bond donors (Lipinski definition) is 2. The van der Waals surface area contributed by atoms with E-state index in [1.165, 1.54) is 0 Å². The lowest BCUT2D eigenvalue weighted by atomic mass is 10.1. The monoisotopic (exact) mass is 560 g/mol. The van der Waals surface area contributed by atoms with Crippen molar-refractivity contribution in [3.05, 3.63) is 103 Å². The third-order valence-electron chi connectivity index (χ3n) is 7.52. The molecule has 6 aromatic rings. The van der Waals surface area contributed by atoms with Gasteiger partial charge in [-0.2, -0.15) is 5.10 Å². The van der Waals surface area contributed by atoms with E-state index in [4.69, 9.17) is 21.4 Å². The maximum atomic E-state index is 14.0. The Labute approximate surface area is 241 Å². The van der Waals surface area contributed by atoms with Crippen molar-refractivity contribution < 1.29 is 4.39 Å². The highest BCUT2D eigenvalue weighted by Gasteiger charge is 2.24. The molecular formula is C31H29FN10. The fourth-order valence-electron chi connectivity index (χ4n) is 5.44. The van der Waals surface area contributed by atoms with Crippen LogP contribution >= 0.6 is 0 Å². The first-order valence-corrected chi connectivity index (χ1v) is 13.8. The minimum atomic E-state index is -0.831. The molecule has 6 heterocycles. The highest BCUT2D eigenvalue weighted by atomic mass is 19.1. The van der Waals surface area contributed by atoms with Crippen LogP contribution in [0.5, 0.6) is 0 Å². The van der Waals surface area contributed by atoms with Crippen molar-refractivity contribution in [2.45, 2.75) is 25.1 Å². The molecule has 0 spiro atoms. The molecular weight excluding hydrogens is 531 g/mol. The number of nitrogen functional groups attached to an aromatic ring is 1. The van der Waals surface area contributed by atoms with Gasteiger partial charge in [0.25, 0.3) is 0 Å². The second-order valence-electron chi connectivity index (χ2n) is 10.5. The summed E-state index contributed by atoms with van der Waals surface area (Å²) in [6.45, 7) is 1.88. The minimum absolute atomic E-state index is 0.344. The average molecular weight is 561 g/mol. The molecule has 1 aliphatic carbocycles. The SMILES string of the molecule is NC1CN(c2ccccn2)C1.Nc1ncccc1-c1nc2ccc(-n3cccn3)nc2n1-c1ccc2c(c1)CC(F)C2. The van der Waals surface area contributed by atoms with Crippen molar-refractivity contribution in [3.8, 4) is 22.9 Å². The Hall–Kier alpha value is -5.16. The van der Waals surface area contributed by atoms with Gasteiger partial charge in [-0.15, -0.1) is 0 Å². The van der Waals surface area contributed by atoms with Gasteiger partial charge in [-0.3, -0.25) is 4.57 Å². The van der Waals surface area contributed by atoms with E-state index in [2.05, 4.69) is 20.0 Å². The van der Waals surface area contributed by atoms with E-state index >= 15 is 0 Å². The van der Waals surface area contributed by atoms with Crippen molar-refractivity contribution in [1.82, 2.24) is 34.3 Å². The van der Waals surface area contributed by atoms with E-state index in [-0.39, 0.29) is 0 Å². The topological polar surface area (TPSA) is 130 Å². The number of nitrogens with zero attached hydrogens (tertiary/aromatic N) is 8. The quantitative estimate of drug-likeness (QED) is 0.332. The smallest absolute Gasteiger partial charge is 0.167 e. The molecule has 0 radical (unpaired) electrons. The average Bonchev–Trinajstić information content (AvgIpc) is 3.74. The number of rotatable bonds is 4. The number of benzene rings is 1. The first-order valence-electron chi connectivity index (χ1n) is 13.8. The second kappa shape index (κ2) is 10.7. The van der Waals surface area contributed by atoms with Crippen molar-refractivity contribution in [1.29, 1.82) is 0 Å². The standard InChI is InChI=1S/C23H18FN7.C8H11N3/c24-16-11-14-4-5-17(13-15(14)12-16)31-22(18-3-1-8-26-21(18)25)28-19-6-7-20(29-23(19)31)30-10-2-9-27-30;9-7-5-11(6-7)8-3-1-2-4-10-8/h1-10,13,16H,11-12H2,(H2,25,26);1-4,7H,5-6,9H2. The largest absolute Gasteiger partial charge is 0.383 e. The highest BCUT2D eigenvalue weighted by Crippen LogP contribution is 2.33. The van der Waals surface area contributed by atoms with Gasteiger partial charge in [-0.05, 0) is 65.7 Å². The first kappa shape index (κ1) is 25.8. The zero-order valence-electron chi connectivity index (χ0n) is 22.8. The van der Waals surface area contributed by atoms with E-state index in [0.29, 0.717) is 47.6 Å². The molecule has 11 heteroatoms. The van der Waals surface area contributed by atoms with Crippen LogP contribution in [0.2, 0.25) is 0 Å². The van der Waals surface area contributed by atoms with Crippen LogP contribution in [0.25, 0.3) is 34.1 Å². The van der Waals surface area contributed by atoms with Crippen molar-refractivity contribution >= 4 is 22.8 Å². The van der Waals surface area contributed by atoms with Gasteiger partial charge in [-0.25, -0.2) is 29.0 Å². The van der Waals surface area contributed by atoms with E-state index in [1.54, 1.807) is 23.3 Å². The van der Waals surface area contributed by atoms with Crippen LogP contribution in [-0.4, -0.2) is 59.6 Å². The third kappa shape index (κ3) is 4.83. The summed E-state index contributed by atoms with van der Waals surface area (Å²) in [4.78, 5) is 20.3. The number of aromatic nitrogens is 7. The van der Waals surface area contributed by atoms with E-state index < -0.39 is 6.17 Å². The van der Waals surface area contributed by atoms with Gasteiger partial charge in [0.2, 0.25) is 0 Å². The van der Waals surface area contributed by atoms with Crippen LogP contribution < -0.4 is 16.4 Å². The molecule has 1 aliphatic heterocycles. The number of fused-ring (bicyclic) bond motifs is 2. The molecule has 210 valence electrons. The van der Waals surface area contributed by atoms with Crippen LogP contribution in [0.1, 0.15) is 11.1 Å². The summed E-state index contributed by atoms with van der Waals surface area (Å²) in [6, 6.07) is 21.6. The molecule has 1 atom stereocenters. The maximum Gasteiger partial charge on any atom is 0.167 e. The molecule has 1 aromatic carbocycles. The molecule has 0 bridgehead atoms. The first-order chi connectivity index (χ1) is 20.5. The molecule has 10 nitrogen and oxygen atoms in total. The van der Waals surface area contributed by atoms with Gasteiger partial charge in [0, 0.05) is 62.4 Å². The summed E-state index contributed by atoms with van der Waals surface area (Å²) < 4.78 is 17.6. The normalized spacial score (nSPS) is 16.1. The molecule has 8 rings (SSSR count). The predicted octanol–water partition coefficient (Wildman–Crippen LogP) is 3.92. The molecule has 2 aliphatic rings. The summed E-state index contributed by atoms with van der Waals surface area (Å²) >= 11 is 0. The van der Waals surface area contributed by atoms with Crippen LogP contribution in [0.4, 0.5) is 16.0 Å². The van der Waals surface area contributed by atoms with Gasteiger partial charge < -0.3 is 16.4 Å². The van der Waals surface area contributed by atoms with Gasteiger partial charge in [0.15, 0.2) is 17.3 Å². The molecule has 1 saturated heterocycles. The zero-order chi connectivity index (χ0) is 28.6. The fourth-order valence-corrected chi connectivity index (χ4v) is 5.44. The van der Waals surface area contributed by atoms with Crippen LogP contribution in [0, 0.1) is 0 Å². The zero-order valence-corrected chi connectivity index (χ0v) is 22.8. The molecule has 0 amide bonds. The minimum Gasteiger partial charge on any atom is -0.383 e. The number of anilines is 2. The molecule has 1 unspecified atom stereocenters. The Morgan fingerprint density at radius 1 is 0.810 bits per heavy atom. The summed E-state index contributed by atoms with van der Waals surface area (Å²) in [6.07, 6.45) is 7.06. The van der Waals surface area contributed by atoms with Crippen molar-refractivity contribution in [3.63, 3.8) is 0 Å². The Morgan fingerprint density at radius 2 is 1.67 bits per heavy atom. The lowest BCUT2D eigenvalue weighted by Crippen LogP contribution is -2.56. The van der Waals surface area contributed by atoms with E-state index in [1.807, 2.05) is 77.5 Å². The summed E-state index contributed by atoms with van der Waals surface area (Å²) in [5, 5.41) is 4.28. The Bertz CT molecular complexity index is 1850. The van der Waals surface area contributed by atoms with Gasteiger partial charge in [-0.1, -0.05) is 12.1 Å². The maximum absolute atomic E-state index is 14.0. The molecule has 4 N–H and O–H groups in total. The van der Waals surface area contributed by atoms with E-state index in [9.17, 15) is 4.39 Å². The number of nitrogens with two attached hydrogens (primary N) is 2. The van der Waals surface area contributed by atoms with Crippen molar-refractivity contribution in [2.24, 2.45) is 5.73 Å². The predicted molar refractivity (Wildman–Crippen MR) is 160 cm³/mol. The lowest BCUT2D eigenvalue weighted by Gasteiger charge is -2.37.